The van der Waals surface area contributed by atoms with E-state index in [1.807, 2.05) is 18.3 Å². The predicted molar refractivity (Wildman–Crippen MR) is 95.5 cm³/mol. The molecule has 0 unspecified atom stereocenters. The van der Waals surface area contributed by atoms with Gasteiger partial charge in [-0.3, -0.25) is 4.79 Å². The molecule has 1 saturated carbocycles. The Hall–Kier alpha value is -2.28. The van der Waals surface area contributed by atoms with Gasteiger partial charge < -0.3 is 14.2 Å². The van der Waals surface area contributed by atoms with E-state index in [4.69, 9.17) is 4.74 Å². The lowest BCUT2D eigenvalue weighted by Gasteiger charge is -2.33. The average molecular weight is 355 g/mol. The third-order valence-electron chi connectivity index (χ3n) is 5.50. The van der Waals surface area contributed by atoms with Crippen LogP contribution >= 0.6 is 0 Å². The van der Waals surface area contributed by atoms with E-state index in [0.29, 0.717) is 31.2 Å². The maximum absolute atomic E-state index is 12.8. The summed E-state index contributed by atoms with van der Waals surface area (Å²) in [7, 11) is 2.01. The van der Waals surface area contributed by atoms with Crippen LogP contribution in [0.4, 0.5) is 0 Å². The molecule has 1 amide bonds. The number of imidazole rings is 1. The fourth-order valence-electron chi connectivity index (χ4n) is 4.17. The molecule has 0 N–H and O–H groups in total. The molecule has 7 nitrogen and oxygen atoms in total. The fraction of sp³-hybridized carbons (Fsp3) is 0.579. The number of aryl methyl sites for hydroxylation is 1. The third-order valence-corrected chi connectivity index (χ3v) is 5.50. The number of fused-ring (bicyclic) bond motifs is 1. The zero-order valence-electron chi connectivity index (χ0n) is 15.2. The Kier molecular flexibility index (Phi) is 4.97. The van der Waals surface area contributed by atoms with Crippen molar-refractivity contribution in [2.45, 2.75) is 38.1 Å². The van der Waals surface area contributed by atoms with Crippen LogP contribution in [0.2, 0.25) is 0 Å². The first-order valence-electron chi connectivity index (χ1n) is 9.36. The average Bonchev–Trinajstić information content (AvgIpc) is 3.32. The lowest BCUT2D eigenvalue weighted by molar-refractivity contribution is 0.0571. The Balaban J connectivity index is 1.47. The van der Waals surface area contributed by atoms with Gasteiger partial charge in [-0.25, -0.2) is 4.98 Å². The second-order valence-corrected chi connectivity index (χ2v) is 7.39. The van der Waals surface area contributed by atoms with Crippen molar-refractivity contribution in [3.63, 3.8) is 0 Å². The standard InChI is InChI=1S/C19H25N5O2/c1-23-13-20-17-10-24(19(25)15-6-7-21-22-8-15)9-16(18(17)23)12-26-11-14-4-2-3-5-14/h6-8,13-14,16H,2-5,9-12H2,1H3/t16-/m0/s1. The van der Waals surface area contributed by atoms with E-state index >= 15 is 0 Å². The van der Waals surface area contributed by atoms with Gasteiger partial charge in [0, 0.05) is 31.8 Å². The topological polar surface area (TPSA) is 73.1 Å². The van der Waals surface area contributed by atoms with E-state index in [2.05, 4.69) is 19.7 Å². The van der Waals surface area contributed by atoms with Crippen LogP contribution in [0.3, 0.4) is 0 Å². The summed E-state index contributed by atoms with van der Waals surface area (Å²) >= 11 is 0. The van der Waals surface area contributed by atoms with E-state index in [0.717, 1.165) is 12.3 Å². The maximum Gasteiger partial charge on any atom is 0.255 e. The van der Waals surface area contributed by atoms with E-state index in [1.165, 1.54) is 37.6 Å². The first-order valence-corrected chi connectivity index (χ1v) is 9.36. The first kappa shape index (κ1) is 17.1. The van der Waals surface area contributed by atoms with Gasteiger partial charge in [-0.1, -0.05) is 12.8 Å². The van der Waals surface area contributed by atoms with Crippen molar-refractivity contribution in [3.8, 4) is 0 Å². The number of hydrogen-bond donors (Lipinski definition) is 0. The van der Waals surface area contributed by atoms with Crippen LogP contribution in [0.25, 0.3) is 0 Å². The zero-order valence-corrected chi connectivity index (χ0v) is 15.2. The van der Waals surface area contributed by atoms with Crippen LogP contribution in [0.5, 0.6) is 0 Å². The van der Waals surface area contributed by atoms with E-state index in [-0.39, 0.29) is 11.8 Å². The van der Waals surface area contributed by atoms with E-state index in [9.17, 15) is 4.79 Å². The van der Waals surface area contributed by atoms with E-state index in [1.54, 1.807) is 12.3 Å². The molecule has 0 saturated heterocycles. The summed E-state index contributed by atoms with van der Waals surface area (Å²) in [5, 5.41) is 7.57. The van der Waals surface area contributed by atoms with Crippen LogP contribution in [0.1, 0.15) is 53.3 Å². The lowest BCUT2D eigenvalue weighted by atomic mass is 9.98. The fourth-order valence-corrected chi connectivity index (χ4v) is 4.17. The van der Waals surface area contributed by atoms with Crippen LogP contribution < -0.4 is 0 Å². The van der Waals surface area contributed by atoms with E-state index < -0.39 is 0 Å². The van der Waals surface area contributed by atoms with Gasteiger partial charge in [-0.05, 0) is 24.8 Å². The van der Waals surface area contributed by atoms with Crippen LogP contribution in [0, 0.1) is 5.92 Å². The first-order chi connectivity index (χ1) is 12.7. The molecule has 0 bridgehead atoms. The molecule has 3 heterocycles. The number of nitrogens with zero attached hydrogens (tertiary/aromatic N) is 5. The highest BCUT2D eigenvalue weighted by molar-refractivity contribution is 5.93. The third kappa shape index (κ3) is 3.49. The highest BCUT2D eigenvalue weighted by Crippen LogP contribution is 2.30. The second kappa shape index (κ2) is 7.53. The highest BCUT2D eigenvalue weighted by atomic mass is 16.5. The molecule has 1 fully saturated rings. The maximum atomic E-state index is 12.8. The van der Waals surface area contributed by atoms with Gasteiger partial charge in [-0.15, -0.1) is 0 Å². The molecule has 2 aliphatic rings. The lowest BCUT2D eigenvalue weighted by Crippen LogP contribution is -2.40. The molecule has 7 heteroatoms. The van der Waals surface area contributed by atoms with Crippen molar-refractivity contribution >= 4 is 5.91 Å². The van der Waals surface area contributed by atoms with Crippen LogP contribution in [-0.4, -0.2) is 50.3 Å². The Labute approximate surface area is 153 Å². The minimum Gasteiger partial charge on any atom is -0.380 e. The van der Waals surface area contributed by atoms with Crippen molar-refractivity contribution in [1.29, 1.82) is 0 Å². The Morgan fingerprint density at radius 3 is 2.88 bits per heavy atom. The normalized spacial score (nSPS) is 20.3. The van der Waals surface area contributed by atoms with Crippen molar-refractivity contribution in [2.75, 3.05) is 19.8 Å². The molecular weight excluding hydrogens is 330 g/mol. The molecule has 1 aliphatic heterocycles. The predicted octanol–water partition coefficient (Wildman–Crippen LogP) is 2.16. The van der Waals surface area contributed by atoms with Gasteiger partial charge in [0.1, 0.15) is 0 Å². The summed E-state index contributed by atoms with van der Waals surface area (Å²) in [5.74, 6) is 0.814. The molecule has 0 aromatic carbocycles. The quantitative estimate of drug-likeness (QED) is 0.822. The summed E-state index contributed by atoms with van der Waals surface area (Å²) in [4.78, 5) is 19.2. The summed E-state index contributed by atoms with van der Waals surface area (Å²) in [6.07, 6.45) is 10.1. The molecule has 0 spiro atoms. The number of aromatic nitrogens is 4. The van der Waals surface area contributed by atoms with Crippen molar-refractivity contribution in [3.05, 3.63) is 41.7 Å². The van der Waals surface area contributed by atoms with Gasteiger partial charge in [0.2, 0.25) is 0 Å². The number of ether oxygens (including phenoxy) is 1. The SMILES string of the molecule is Cn1cnc2c1[C@H](COCC1CCCC1)CN(C(=O)c1ccnnc1)C2. The number of amides is 1. The number of rotatable bonds is 5. The molecule has 1 atom stereocenters. The van der Waals surface area contributed by atoms with Crippen LogP contribution in [0.15, 0.2) is 24.8 Å². The second-order valence-electron chi connectivity index (χ2n) is 7.39. The molecule has 2 aromatic heterocycles. The largest absolute Gasteiger partial charge is 0.380 e. The number of hydrogen-bond acceptors (Lipinski definition) is 5. The molecule has 0 radical (unpaired) electrons. The summed E-state index contributed by atoms with van der Waals surface area (Å²) in [6, 6.07) is 1.70. The van der Waals surface area contributed by atoms with Crippen molar-refractivity contribution in [1.82, 2.24) is 24.6 Å². The summed E-state index contributed by atoms with van der Waals surface area (Å²) in [6.45, 7) is 2.61. The molecule has 138 valence electrons. The summed E-state index contributed by atoms with van der Waals surface area (Å²) in [5.41, 5.74) is 2.71. The van der Waals surface area contributed by atoms with Gasteiger partial charge in [0.15, 0.2) is 0 Å². The minimum atomic E-state index is -0.0306. The molecule has 2 aromatic rings. The number of carbonyl (C=O) groups excluding carboxylic acids is 1. The van der Waals surface area contributed by atoms with Crippen molar-refractivity contribution in [2.24, 2.45) is 13.0 Å². The van der Waals surface area contributed by atoms with Gasteiger partial charge >= 0.3 is 0 Å². The highest BCUT2D eigenvalue weighted by Gasteiger charge is 2.32. The molecule has 4 rings (SSSR count). The van der Waals surface area contributed by atoms with Gasteiger partial charge in [0.25, 0.3) is 5.91 Å². The Bertz CT molecular complexity index is 755. The zero-order chi connectivity index (χ0) is 17.9. The Morgan fingerprint density at radius 1 is 1.27 bits per heavy atom. The Morgan fingerprint density at radius 2 is 2.12 bits per heavy atom. The molecular formula is C19H25N5O2. The number of carbonyl (C=O) groups is 1. The summed E-state index contributed by atoms with van der Waals surface area (Å²) < 4.78 is 8.13. The van der Waals surface area contributed by atoms with Gasteiger partial charge in [0.05, 0.1) is 43.1 Å². The van der Waals surface area contributed by atoms with Crippen LogP contribution in [-0.2, 0) is 18.3 Å². The smallest absolute Gasteiger partial charge is 0.255 e. The molecule has 26 heavy (non-hydrogen) atoms. The van der Waals surface area contributed by atoms with Gasteiger partial charge in [-0.2, -0.15) is 10.2 Å². The minimum absolute atomic E-state index is 0.0306. The monoisotopic (exact) mass is 355 g/mol. The molecule has 1 aliphatic carbocycles. The van der Waals surface area contributed by atoms with Crippen molar-refractivity contribution < 1.29 is 9.53 Å².